The minimum atomic E-state index is -0.140. The number of carbonyl (C=O) groups is 1. The molecule has 1 fully saturated rings. The lowest BCUT2D eigenvalue weighted by Gasteiger charge is -2.18. The summed E-state index contributed by atoms with van der Waals surface area (Å²) >= 11 is 0. The predicted molar refractivity (Wildman–Crippen MR) is 111 cm³/mol. The van der Waals surface area contributed by atoms with Crippen molar-refractivity contribution in [2.75, 3.05) is 23.3 Å². The van der Waals surface area contributed by atoms with Gasteiger partial charge in [0, 0.05) is 55.2 Å². The van der Waals surface area contributed by atoms with Gasteiger partial charge < -0.3 is 15.5 Å². The molecule has 2 aromatic heterocycles. The Balaban J connectivity index is 1.38. The van der Waals surface area contributed by atoms with Crippen LogP contribution in [0.4, 0.5) is 17.2 Å². The van der Waals surface area contributed by atoms with Crippen molar-refractivity contribution in [2.45, 2.75) is 19.4 Å². The molecule has 1 amide bonds. The van der Waals surface area contributed by atoms with Crippen molar-refractivity contribution in [1.82, 2.24) is 15.3 Å². The molecule has 0 aliphatic carbocycles. The molecule has 28 heavy (non-hydrogen) atoms. The van der Waals surface area contributed by atoms with Crippen molar-refractivity contribution in [1.29, 1.82) is 0 Å². The Morgan fingerprint density at radius 2 is 1.86 bits per heavy atom. The van der Waals surface area contributed by atoms with Gasteiger partial charge in [-0.1, -0.05) is 6.07 Å². The van der Waals surface area contributed by atoms with Gasteiger partial charge >= 0.3 is 0 Å². The summed E-state index contributed by atoms with van der Waals surface area (Å²) < 4.78 is 0. The fourth-order valence-electron chi connectivity index (χ4n) is 3.31. The number of hydrogen-bond acceptors (Lipinski definition) is 5. The Hall–Kier alpha value is -3.41. The van der Waals surface area contributed by atoms with Crippen molar-refractivity contribution in [2.24, 2.45) is 0 Å². The number of benzene rings is 1. The number of pyridine rings is 2. The molecule has 1 aromatic carbocycles. The summed E-state index contributed by atoms with van der Waals surface area (Å²) in [6.45, 7) is 2.70. The first-order valence-electron chi connectivity index (χ1n) is 9.53. The number of nitrogens with zero attached hydrogens (tertiary/aromatic N) is 3. The third kappa shape index (κ3) is 4.46. The summed E-state index contributed by atoms with van der Waals surface area (Å²) in [5, 5.41) is 6.18. The van der Waals surface area contributed by atoms with E-state index < -0.39 is 0 Å². The van der Waals surface area contributed by atoms with Crippen LogP contribution in [0.25, 0.3) is 0 Å². The highest BCUT2D eigenvalue weighted by molar-refractivity contribution is 5.94. The van der Waals surface area contributed by atoms with Crippen molar-refractivity contribution in [3.05, 3.63) is 78.2 Å². The van der Waals surface area contributed by atoms with E-state index in [2.05, 4.69) is 37.6 Å². The van der Waals surface area contributed by atoms with E-state index in [1.807, 2.05) is 24.3 Å². The largest absolute Gasteiger partial charge is 0.372 e. The highest BCUT2D eigenvalue weighted by Gasteiger charge is 2.12. The molecule has 3 heterocycles. The predicted octanol–water partition coefficient (Wildman–Crippen LogP) is 3.75. The summed E-state index contributed by atoms with van der Waals surface area (Å²) in [7, 11) is 0. The molecular formula is C22H23N5O. The molecule has 1 saturated heterocycles. The van der Waals surface area contributed by atoms with Gasteiger partial charge in [0.2, 0.25) is 0 Å². The minimum Gasteiger partial charge on any atom is -0.372 e. The molecule has 0 unspecified atom stereocenters. The highest BCUT2D eigenvalue weighted by Crippen LogP contribution is 2.23. The van der Waals surface area contributed by atoms with Gasteiger partial charge in [-0.15, -0.1) is 0 Å². The molecular weight excluding hydrogens is 350 g/mol. The van der Waals surface area contributed by atoms with E-state index in [-0.39, 0.29) is 5.91 Å². The number of aromatic nitrogens is 2. The van der Waals surface area contributed by atoms with Crippen molar-refractivity contribution >= 4 is 23.1 Å². The van der Waals surface area contributed by atoms with Crippen LogP contribution in [0.2, 0.25) is 0 Å². The summed E-state index contributed by atoms with van der Waals surface area (Å²) in [5.41, 5.74) is 3.72. The monoisotopic (exact) mass is 373 g/mol. The molecule has 1 aliphatic rings. The zero-order chi connectivity index (χ0) is 19.2. The van der Waals surface area contributed by atoms with Crippen molar-refractivity contribution in [3.8, 4) is 0 Å². The van der Waals surface area contributed by atoms with E-state index in [9.17, 15) is 4.79 Å². The number of rotatable bonds is 6. The lowest BCUT2D eigenvalue weighted by atomic mass is 10.2. The van der Waals surface area contributed by atoms with Crippen LogP contribution in [0, 0.1) is 0 Å². The van der Waals surface area contributed by atoms with E-state index in [0.29, 0.717) is 17.9 Å². The van der Waals surface area contributed by atoms with Crippen LogP contribution in [-0.4, -0.2) is 29.0 Å². The zero-order valence-electron chi connectivity index (χ0n) is 15.6. The number of anilines is 3. The number of amides is 1. The molecule has 3 aromatic rings. The van der Waals surface area contributed by atoms with E-state index in [1.165, 1.54) is 18.5 Å². The van der Waals surface area contributed by atoms with Crippen LogP contribution in [-0.2, 0) is 6.54 Å². The Kier molecular flexibility index (Phi) is 5.47. The third-order valence-electron chi connectivity index (χ3n) is 4.81. The van der Waals surface area contributed by atoms with Crippen LogP contribution >= 0.6 is 0 Å². The summed E-state index contributed by atoms with van der Waals surface area (Å²) in [6.07, 6.45) is 7.62. The molecule has 142 valence electrons. The average Bonchev–Trinajstić information content (AvgIpc) is 3.28. The second-order valence-electron chi connectivity index (χ2n) is 6.84. The maximum atomic E-state index is 12.4. The number of carbonyl (C=O) groups excluding carboxylic acids is 1. The number of nitrogens with one attached hydrogen (secondary N) is 2. The highest BCUT2D eigenvalue weighted by atomic mass is 16.1. The van der Waals surface area contributed by atoms with E-state index in [1.54, 1.807) is 30.7 Å². The van der Waals surface area contributed by atoms with Gasteiger partial charge in [0.05, 0.1) is 0 Å². The van der Waals surface area contributed by atoms with Crippen LogP contribution < -0.4 is 15.5 Å². The first kappa shape index (κ1) is 18.0. The molecule has 2 N–H and O–H groups in total. The molecule has 4 rings (SSSR count). The Morgan fingerprint density at radius 3 is 2.61 bits per heavy atom. The molecule has 0 bridgehead atoms. The van der Waals surface area contributed by atoms with Crippen LogP contribution in [0.3, 0.4) is 0 Å². The van der Waals surface area contributed by atoms with Gasteiger partial charge in [-0.05, 0) is 60.9 Å². The Morgan fingerprint density at radius 1 is 1.04 bits per heavy atom. The van der Waals surface area contributed by atoms with Gasteiger partial charge in [0.1, 0.15) is 5.82 Å². The van der Waals surface area contributed by atoms with Crippen molar-refractivity contribution < 1.29 is 4.79 Å². The third-order valence-corrected chi connectivity index (χ3v) is 4.81. The second-order valence-corrected chi connectivity index (χ2v) is 6.84. The minimum absolute atomic E-state index is 0.140. The molecule has 0 saturated carbocycles. The van der Waals surface area contributed by atoms with Gasteiger partial charge in [-0.3, -0.25) is 9.78 Å². The first-order valence-corrected chi connectivity index (χ1v) is 9.53. The lowest BCUT2D eigenvalue weighted by Crippen LogP contribution is -2.23. The van der Waals surface area contributed by atoms with Crippen molar-refractivity contribution in [3.63, 3.8) is 0 Å². The standard InChI is InChI=1S/C22H23N5O/c28-22(25-16-17-4-3-10-23-15-17)18-9-11-24-21(14-18)26-19-5-7-20(8-6-19)27-12-1-2-13-27/h3-11,14-15H,1-2,12-13,16H2,(H,24,26)(H,25,28). The smallest absolute Gasteiger partial charge is 0.251 e. The van der Waals surface area contributed by atoms with E-state index in [4.69, 9.17) is 0 Å². The second kappa shape index (κ2) is 8.52. The molecule has 1 aliphatic heterocycles. The molecule has 6 heteroatoms. The molecule has 0 atom stereocenters. The van der Waals surface area contributed by atoms with Crippen LogP contribution in [0.15, 0.2) is 67.1 Å². The molecule has 0 spiro atoms. The fourth-order valence-corrected chi connectivity index (χ4v) is 3.31. The van der Waals surface area contributed by atoms with Gasteiger partial charge in [0.25, 0.3) is 5.91 Å². The summed E-state index contributed by atoms with van der Waals surface area (Å²) in [6, 6.07) is 15.6. The normalized spacial score (nSPS) is 13.4. The summed E-state index contributed by atoms with van der Waals surface area (Å²) in [5.74, 6) is 0.502. The summed E-state index contributed by atoms with van der Waals surface area (Å²) in [4.78, 5) is 23.2. The molecule has 0 radical (unpaired) electrons. The fraction of sp³-hybridized carbons (Fsp3) is 0.227. The maximum absolute atomic E-state index is 12.4. The Labute approximate surface area is 164 Å². The molecule has 6 nitrogen and oxygen atoms in total. The topological polar surface area (TPSA) is 70.1 Å². The zero-order valence-corrected chi connectivity index (χ0v) is 15.6. The van der Waals surface area contributed by atoms with Gasteiger partial charge in [-0.2, -0.15) is 0 Å². The maximum Gasteiger partial charge on any atom is 0.251 e. The van der Waals surface area contributed by atoms with E-state index in [0.717, 1.165) is 24.3 Å². The quantitative estimate of drug-likeness (QED) is 0.689. The SMILES string of the molecule is O=C(NCc1cccnc1)c1ccnc(Nc2ccc(N3CCCC3)cc2)c1. The van der Waals surface area contributed by atoms with Crippen LogP contribution in [0.1, 0.15) is 28.8 Å². The van der Waals surface area contributed by atoms with E-state index >= 15 is 0 Å². The first-order chi connectivity index (χ1) is 13.8. The lowest BCUT2D eigenvalue weighted by molar-refractivity contribution is 0.0951. The average molecular weight is 373 g/mol. The van der Waals surface area contributed by atoms with Crippen LogP contribution in [0.5, 0.6) is 0 Å². The Bertz CT molecular complexity index is 921. The van der Waals surface area contributed by atoms with Gasteiger partial charge in [-0.25, -0.2) is 4.98 Å². The number of hydrogen-bond donors (Lipinski definition) is 2. The van der Waals surface area contributed by atoms with Gasteiger partial charge in [0.15, 0.2) is 0 Å².